The molecule has 0 unspecified atom stereocenters. The van der Waals surface area contributed by atoms with Crippen LogP contribution in [-0.2, 0) is 9.53 Å². The lowest BCUT2D eigenvalue weighted by atomic mass is 10.2. The maximum Gasteiger partial charge on any atom is 0.338 e. The number of hydrogen-bond donors (Lipinski definition) is 0. The number of ether oxygens (including phenoxy) is 1. The van der Waals surface area contributed by atoms with Gasteiger partial charge < -0.3 is 9.64 Å². The Bertz CT molecular complexity index is 683. The smallest absolute Gasteiger partial charge is 0.338 e. The molecule has 0 N–H and O–H groups in total. The molecule has 0 aromatic heterocycles. The van der Waals surface area contributed by atoms with Gasteiger partial charge in [-0.05, 0) is 48.9 Å². The molecule has 0 saturated heterocycles. The van der Waals surface area contributed by atoms with Crippen molar-refractivity contribution >= 4 is 29.2 Å². The van der Waals surface area contributed by atoms with Crippen LogP contribution in [-0.4, -0.2) is 25.5 Å². The standard InChI is InChI=1S/C17H16ClNO3/c1-12-4-3-5-15(10-12)19(2)16(20)11-22-17(21)13-6-8-14(18)9-7-13/h3-10H,11H2,1-2H3. The zero-order valence-corrected chi connectivity index (χ0v) is 13.1. The predicted molar refractivity (Wildman–Crippen MR) is 86.3 cm³/mol. The average molecular weight is 318 g/mol. The summed E-state index contributed by atoms with van der Waals surface area (Å²) in [5, 5.41) is 0.534. The molecule has 0 heterocycles. The van der Waals surface area contributed by atoms with E-state index in [4.69, 9.17) is 16.3 Å². The molecule has 0 saturated carbocycles. The molecule has 0 bridgehead atoms. The average Bonchev–Trinajstić information content (AvgIpc) is 2.52. The second-order valence-corrected chi connectivity index (χ2v) is 5.31. The first-order chi connectivity index (χ1) is 10.5. The number of esters is 1. The summed E-state index contributed by atoms with van der Waals surface area (Å²) in [5.41, 5.74) is 2.17. The number of likely N-dealkylation sites (N-methyl/N-ethyl adjacent to an activating group) is 1. The highest BCUT2D eigenvalue weighted by molar-refractivity contribution is 6.30. The molecule has 0 atom stereocenters. The summed E-state index contributed by atoms with van der Waals surface area (Å²) in [7, 11) is 1.65. The number of benzene rings is 2. The Hall–Kier alpha value is -2.33. The number of carbonyl (C=O) groups is 2. The van der Waals surface area contributed by atoms with Gasteiger partial charge in [0, 0.05) is 17.8 Å². The van der Waals surface area contributed by atoms with Crippen LogP contribution >= 0.6 is 11.6 Å². The van der Waals surface area contributed by atoms with Crippen LogP contribution in [0.2, 0.25) is 5.02 Å². The predicted octanol–water partition coefficient (Wildman–Crippen LogP) is 3.47. The normalized spacial score (nSPS) is 10.1. The number of nitrogens with zero attached hydrogens (tertiary/aromatic N) is 1. The Labute approximate surface area is 134 Å². The molecule has 2 aromatic rings. The minimum absolute atomic E-state index is 0.298. The number of hydrogen-bond acceptors (Lipinski definition) is 3. The molecule has 0 fully saturated rings. The van der Waals surface area contributed by atoms with E-state index in [9.17, 15) is 9.59 Å². The van der Waals surface area contributed by atoms with Gasteiger partial charge in [0.1, 0.15) is 0 Å². The summed E-state index contributed by atoms with van der Waals surface area (Å²) >= 11 is 5.75. The van der Waals surface area contributed by atoms with Crippen molar-refractivity contribution in [3.63, 3.8) is 0 Å². The van der Waals surface area contributed by atoms with Crippen molar-refractivity contribution in [1.29, 1.82) is 0 Å². The Morgan fingerprint density at radius 1 is 1.14 bits per heavy atom. The van der Waals surface area contributed by atoms with Crippen LogP contribution in [0.3, 0.4) is 0 Å². The third-order valence-electron chi connectivity index (χ3n) is 3.17. The second-order valence-electron chi connectivity index (χ2n) is 4.87. The van der Waals surface area contributed by atoms with Crippen LogP contribution < -0.4 is 4.90 Å². The summed E-state index contributed by atoms with van der Waals surface area (Å²) in [6, 6.07) is 13.8. The van der Waals surface area contributed by atoms with Gasteiger partial charge in [-0.2, -0.15) is 0 Å². The Morgan fingerprint density at radius 3 is 2.45 bits per heavy atom. The lowest BCUT2D eigenvalue weighted by Crippen LogP contribution is -2.31. The van der Waals surface area contributed by atoms with E-state index in [0.29, 0.717) is 10.6 Å². The SMILES string of the molecule is Cc1cccc(N(C)C(=O)COC(=O)c2ccc(Cl)cc2)c1. The molecule has 2 aromatic carbocycles. The molecule has 114 valence electrons. The first kappa shape index (κ1) is 16.0. The Kier molecular flexibility index (Phi) is 5.17. The van der Waals surface area contributed by atoms with E-state index in [1.807, 2.05) is 31.2 Å². The molecule has 0 aliphatic rings. The van der Waals surface area contributed by atoms with Crippen molar-refractivity contribution in [2.45, 2.75) is 6.92 Å². The van der Waals surface area contributed by atoms with E-state index in [2.05, 4.69) is 0 Å². The van der Waals surface area contributed by atoms with Gasteiger partial charge >= 0.3 is 5.97 Å². The topological polar surface area (TPSA) is 46.6 Å². The van der Waals surface area contributed by atoms with E-state index in [-0.39, 0.29) is 12.5 Å². The highest BCUT2D eigenvalue weighted by Gasteiger charge is 2.14. The summed E-state index contributed by atoms with van der Waals surface area (Å²) in [6.45, 7) is 1.63. The molecule has 4 nitrogen and oxygen atoms in total. The van der Waals surface area contributed by atoms with Crippen molar-refractivity contribution in [2.75, 3.05) is 18.6 Å². The molecular weight excluding hydrogens is 302 g/mol. The highest BCUT2D eigenvalue weighted by atomic mass is 35.5. The highest BCUT2D eigenvalue weighted by Crippen LogP contribution is 2.15. The van der Waals surface area contributed by atoms with E-state index in [0.717, 1.165) is 11.3 Å². The van der Waals surface area contributed by atoms with Crippen LogP contribution in [0.5, 0.6) is 0 Å². The Balaban J connectivity index is 1.94. The van der Waals surface area contributed by atoms with Crippen molar-refractivity contribution < 1.29 is 14.3 Å². The minimum Gasteiger partial charge on any atom is -0.452 e. The molecule has 0 aliphatic carbocycles. The van der Waals surface area contributed by atoms with Gasteiger partial charge in [-0.1, -0.05) is 23.7 Å². The summed E-state index contributed by atoms with van der Waals surface area (Å²) in [4.78, 5) is 25.4. The van der Waals surface area contributed by atoms with Crippen molar-refractivity contribution in [1.82, 2.24) is 0 Å². The molecule has 0 aliphatic heterocycles. The maximum atomic E-state index is 12.1. The molecule has 22 heavy (non-hydrogen) atoms. The van der Waals surface area contributed by atoms with Crippen molar-refractivity contribution in [2.24, 2.45) is 0 Å². The van der Waals surface area contributed by atoms with E-state index in [1.165, 1.54) is 4.90 Å². The van der Waals surface area contributed by atoms with Gasteiger partial charge in [-0.3, -0.25) is 4.79 Å². The van der Waals surface area contributed by atoms with Crippen LogP contribution in [0.15, 0.2) is 48.5 Å². The largest absolute Gasteiger partial charge is 0.452 e. The second kappa shape index (κ2) is 7.09. The number of halogens is 1. The number of amides is 1. The molecule has 5 heteroatoms. The monoisotopic (exact) mass is 317 g/mol. The van der Waals surface area contributed by atoms with Gasteiger partial charge in [-0.25, -0.2) is 4.79 Å². The fraction of sp³-hybridized carbons (Fsp3) is 0.176. The molecule has 0 radical (unpaired) electrons. The summed E-state index contributed by atoms with van der Waals surface area (Å²) in [6.07, 6.45) is 0. The van der Waals surface area contributed by atoms with E-state index in [1.54, 1.807) is 31.3 Å². The zero-order valence-electron chi connectivity index (χ0n) is 12.4. The fourth-order valence-electron chi connectivity index (χ4n) is 1.87. The van der Waals surface area contributed by atoms with Crippen molar-refractivity contribution in [3.05, 3.63) is 64.7 Å². The lowest BCUT2D eigenvalue weighted by molar-refractivity contribution is -0.121. The maximum absolute atomic E-state index is 12.1. The molecule has 0 spiro atoms. The number of rotatable bonds is 4. The number of anilines is 1. The zero-order chi connectivity index (χ0) is 16.1. The van der Waals surface area contributed by atoms with Gasteiger partial charge in [-0.15, -0.1) is 0 Å². The first-order valence-electron chi connectivity index (χ1n) is 6.73. The number of aryl methyl sites for hydroxylation is 1. The third-order valence-corrected chi connectivity index (χ3v) is 3.42. The van der Waals surface area contributed by atoms with E-state index >= 15 is 0 Å². The number of carbonyl (C=O) groups excluding carboxylic acids is 2. The van der Waals surface area contributed by atoms with Gasteiger partial charge in [0.15, 0.2) is 6.61 Å². The van der Waals surface area contributed by atoms with E-state index < -0.39 is 5.97 Å². The first-order valence-corrected chi connectivity index (χ1v) is 7.11. The van der Waals surface area contributed by atoms with Gasteiger partial charge in [0.2, 0.25) is 0 Å². The van der Waals surface area contributed by atoms with Gasteiger partial charge in [0.05, 0.1) is 5.56 Å². The molecular formula is C17H16ClNO3. The lowest BCUT2D eigenvalue weighted by Gasteiger charge is -2.17. The quantitative estimate of drug-likeness (QED) is 0.811. The molecule has 2 rings (SSSR count). The van der Waals surface area contributed by atoms with Crippen LogP contribution in [0.1, 0.15) is 15.9 Å². The van der Waals surface area contributed by atoms with Crippen LogP contribution in [0, 0.1) is 6.92 Å². The summed E-state index contributed by atoms with van der Waals surface area (Å²) in [5.74, 6) is -0.851. The van der Waals surface area contributed by atoms with Crippen LogP contribution in [0.4, 0.5) is 5.69 Å². The third kappa shape index (κ3) is 4.09. The molecule has 1 amide bonds. The van der Waals surface area contributed by atoms with Crippen LogP contribution in [0.25, 0.3) is 0 Å². The minimum atomic E-state index is -0.553. The summed E-state index contributed by atoms with van der Waals surface area (Å²) < 4.78 is 5.03. The van der Waals surface area contributed by atoms with Crippen molar-refractivity contribution in [3.8, 4) is 0 Å². The van der Waals surface area contributed by atoms with Gasteiger partial charge in [0.25, 0.3) is 5.91 Å². The fourth-order valence-corrected chi connectivity index (χ4v) is 2.00. The Morgan fingerprint density at radius 2 is 1.82 bits per heavy atom.